The Labute approximate surface area is 279 Å². The summed E-state index contributed by atoms with van der Waals surface area (Å²) in [6.07, 6.45) is 2.61. The highest BCUT2D eigenvalue weighted by molar-refractivity contribution is 7.13. The van der Waals surface area contributed by atoms with E-state index >= 15 is 0 Å². The molecule has 0 saturated carbocycles. The van der Waals surface area contributed by atoms with E-state index in [1.165, 1.54) is 12.1 Å². The van der Waals surface area contributed by atoms with Gasteiger partial charge in [-0.1, -0.05) is 45.0 Å². The zero-order valence-corrected chi connectivity index (χ0v) is 28.2. The molecule has 252 valence electrons. The average molecular weight is 665 g/mol. The van der Waals surface area contributed by atoms with Crippen LogP contribution in [-0.2, 0) is 25.7 Å². The number of benzene rings is 2. The lowest BCUT2D eigenvalue weighted by atomic mass is 9.85. The lowest BCUT2D eigenvalue weighted by Gasteiger charge is -2.35. The molecule has 1 aliphatic heterocycles. The van der Waals surface area contributed by atoms with Gasteiger partial charge in [-0.25, -0.2) is 9.78 Å². The minimum Gasteiger partial charge on any atom is -0.494 e. The first-order valence-corrected chi connectivity index (χ1v) is 16.7. The molecule has 47 heavy (non-hydrogen) atoms. The van der Waals surface area contributed by atoms with E-state index in [0.29, 0.717) is 57.7 Å². The lowest BCUT2D eigenvalue weighted by Crippen LogP contribution is -2.58. The first kappa shape index (κ1) is 35.6. The van der Waals surface area contributed by atoms with E-state index in [1.54, 1.807) is 28.4 Å². The average Bonchev–Trinajstić information content (AvgIpc) is 3.71. The predicted molar refractivity (Wildman–Crippen MR) is 179 cm³/mol. The summed E-state index contributed by atoms with van der Waals surface area (Å²) < 4.78 is 11.2. The van der Waals surface area contributed by atoms with Gasteiger partial charge in [0.1, 0.15) is 24.4 Å². The number of aromatic nitrogens is 1. The molecule has 4 rings (SSSR count). The van der Waals surface area contributed by atoms with Gasteiger partial charge in [-0.2, -0.15) is 0 Å². The van der Waals surface area contributed by atoms with Crippen LogP contribution in [0.25, 0.3) is 10.4 Å². The number of nitrogens with zero attached hydrogens (tertiary/aromatic N) is 2. The molecule has 1 fully saturated rings. The second kappa shape index (κ2) is 16.5. The Kier molecular flexibility index (Phi) is 12.5. The number of aromatic carboxylic acids is 1. The Morgan fingerprint density at radius 3 is 2.38 bits per heavy atom. The highest BCUT2D eigenvalue weighted by Gasteiger charge is 2.41. The van der Waals surface area contributed by atoms with Crippen molar-refractivity contribution in [1.82, 2.24) is 20.5 Å². The van der Waals surface area contributed by atoms with E-state index in [9.17, 15) is 19.2 Å². The maximum atomic E-state index is 13.8. The van der Waals surface area contributed by atoms with Crippen molar-refractivity contribution in [3.8, 4) is 16.2 Å². The summed E-state index contributed by atoms with van der Waals surface area (Å²) in [7, 11) is 0. The van der Waals surface area contributed by atoms with E-state index in [0.717, 1.165) is 21.7 Å². The van der Waals surface area contributed by atoms with E-state index in [-0.39, 0.29) is 24.0 Å². The Morgan fingerprint density at radius 1 is 1.04 bits per heavy atom. The minimum atomic E-state index is -0.990. The van der Waals surface area contributed by atoms with Crippen LogP contribution in [0.4, 0.5) is 0 Å². The molecule has 1 saturated heterocycles. The van der Waals surface area contributed by atoms with Crippen LogP contribution in [0.15, 0.2) is 54.0 Å². The van der Waals surface area contributed by atoms with Gasteiger partial charge in [0.05, 0.1) is 28.3 Å². The van der Waals surface area contributed by atoms with Crippen LogP contribution in [0.5, 0.6) is 5.75 Å². The van der Waals surface area contributed by atoms with Gasteiger partial charge in [-0.3, -0.25) is 14.4 Å². The molecular weight excluding hydrogens is 620 g/mol. The quantitative estimate of drug-likeness (QED) is 0.196. The second-order valence-electron chi connectivity index (χ2n) is 12.7. The normalized spacial score (nSPS) is 15.2. The third-order valence-electron chi connectivity index (χ3n) is 7.97. The minimum absolute atomic E-state index is 0.192. The highest BCUT2D eigenvalue weighted by atomic mass is 32.1. The van der Waals surface area contributed by atoms with Gasteiger partial charge in [0.15, 0.2) is 0 Å². The zero-order valence-electron chi connectivity index (χ0n) is 27.4. The summed E-state index contributed by atoms with van der Waals surface area (Å²) >= 11 is 1.59. The fourth-order valence-electron chi connectivity index (χ4n) is 5.33. The van der Waals surface area contributed by atoms with Crippen molar-refractivity contribution in [3.63, 3.8) is 0 Å². The SMILES string of the molecule is Cc1ncsc1-c1ccc(CNC(=O)[C@@H]2CCCN2C(=O)C(NC(=O)COCCCCOc2ccc(C(=O)O)cc2)C(C)(C)C)cc1. The molecule has 1 aliphatic rings. The summed E-state index contributed by atoms with van der Waals surface area (Å²) in [6, 6.07) is 12.8. The molecule has 3 amide bonds. The van der Waals surface area contributed by atoms with E-state index in [2.05, 4.69) is 15.6 Å². The van der Waals surface area contributed by atoms with Gasteiger partial charge in [0.25, 0.3) is 0 Å². The number of unbranched alkanes of at least 4 members (excludes halogenated alkanes) is 1. The molecule has 0 spiro atoms. The highest BCUT2D eigenvalue weighted by Crippen LogP contribution is 2.28. The van der Waals surface area contributed by atoms with Crippen LogP contribution in [0, 0.1) is 12.3 Å². The molecule has 12 heteroatoms. The molecule has 2 heterocycles. The smallest absolute Gasteiger partial charge is 0.335 e. The van der Waals surface area contributed by atoms with Crippen molar-refractivity contribution in [1.29, 1.82) is 0 Å². The van der Waals surface area contributed by atoms with Crippen LogP contribution in [0.1, 0.15) is 68.1 Å². The van der Waals surface area contributed by atoms with E-state index in [1.807, 2.05) is 57.5 Å². The van der Waals surface area contributed by atoms with Gasteiger partial charge in [-0.05, 0) is 73.4 Å². The number of rotatable bonds is 15. The van der Waals surface area contributed by atoms with Gasteiger partial charge in [0.2, 0.25) is 17.7 Å². The molecule has 11 nitrogen and oxygen atoms in total. The topological polar surface area (TPSA) is 147 Å². The number of carboxylic acid groups (broad SMARTS) is 1. The molecule has 1 aromatic heterocycles. The Morgan fingerprint density at radius 2 is 1.74 bits per heavy atom. The van der Waals surface area contributed by atoms with Gasteiger partial charge in [0, 0.05) is 19.7 Å². The monoisotopic (exact) mass is 664 g/mol. The fraction of sp³-hybridized carbons (Fsp3) is 0.457. The standard InChI is InChI=1S/C35H44N4O7S/c1-23-30(47-22-37-23)25-11-9-24(10-12-25)20-36-32(41)28-8-7-17-39(28)33(42)31(35(2,3)4)38-29(40)21-45-18-5-6-19-46-27-15-13-26(14-16-27)34(43)44/h9-16,22,28,31H,5-8,17-21H2,1-4H3,(H,36,41)(H,38,40)(H,43,44)/t28-,31?/m0/s1. The summed E-state index contributed by atoms with van der Waals surface area (Å²) in [5, 5.41) is 14.8. The third-order valence-corrected chi connectivity index (χ3v) is 8.95. The van der Waals surface area contributed by atoms with Crippen LogP contribution >= 0.6 is 11.3 Å². The Hall–Kier alpha value is -4.29. The number of amides is 3. The van der Waals surface area contributed by atoms with Crippen LogP contribution in [0.3, 0.4) is 0 Å². The van der Waals surface area contributed by atoms with Crippen molar-refractivity contribution in [2.75, 3.05) is 26.4 Å². The number of hydrogen-bond acceptors (Lipinski definition) is 8. The molecule has 0 bridgehead atoms. The molecule has 3 N–H and O–H groups in total. The first-order chi connectivity index (χ1) is 22.4. The summed E-state index contributed by atoms with van der Waals surface area (Å²) in [6.45, 7) is 9.00. The lowest BCUT2D eigenvalue weighted by molar-refractivity contribution is -0.144. The van der Waals surface area contributed by atoms with Gasteiger partial charge in [-0.15, -0.1) is 11.3 Å². The van der Waals surface area contributed by atoms with Gasteiger partial charge < -0.3 is 30.1 Å². The predicted octanol–water partition coefficient (Wildman–Crippen LogP) is 4.83. The van der Waals surface area contributed by atoms with Crippen LogP contribution in [0.2, 0.25) is 0 Å². The van der Waals surface area contributed by atoms with Crippen molar-refractivity contribution < 1.29 is 33.8 Å². The van der Waals surface area contributed by atoms with Crippen LogP contribution < -0.4 is 15.4 Å². The number of carboxylic acids is 1. The van der Waals surface area contributed by atoms with Crippen LogP contribution in [-0.4, -0.2) is 77.1 Å². The zero-order chi connectivity index (χ0) is 34.0. The number of likely N-dealkylation sites (tertiary alicyclic amines) is 1. The molecule has 3 aromatic rings. The maximum absolute atomic E-state index is 13.8. The Balaban J connectivity index is 1.20. The maximum Gasteiger partial charge on any atom is 0.335 e. The molecule has 0 radical (unpaired) electrons. The number of carbonyl (C=O) groups excluding carboxylic acids is 3. The fourth-order valence-corrected chi connectivity index (χ4v) is 6.15. The number of thiazole rings is 1. The number of hydrogen-bond donors (Lipinski definition) is 3. The van der Waals surface area contributed by atoms with Gasteiger partial charge >= 0.3 is 5.97 Å². The van der Waals surface area contributed by atoms with Crippen molar-refractivity contribution in [3.05, 3.63) is 70.9 Å². The first-order valence-electron chi connectivity index (χ1n) is 15.8. The number of aryl methyl sites for hydroxylation is 1. The molecule has 2 aromatic carbocycles. The van der Waals surface area contributed by atoms with E-state index < -0.39 is 29.4 Å². The second-order valence-corrected chi connectivity index (χ2v) is 13.5. The number of carbonyl (C=O) groups is 4. The van der Waals surface area contributed by atoms with Crippen molar-refractivity contribution in [2.45, 2.75) is 72.0 Å². The molecular formula is C35H44N4O7S. The molecule has 2 atom stereocenters. The van der Waals surface area contributed by atoms with Crippen molar-refractivity contribution in [2.24, 2.45) is 5.41 Å². The summed E-state index contributed by atoms with van der Waals surface area (Å²) in [4.78, 5) is 57.8. The van der Waals surface area contributed by atoms with E-state index in [4.69, 9.17) is 14.6 Å². The molecule has 1 unspecified atom stereocenters. The molecule has 0 aliphatic carbocycles. The Bertz CT molecular complexity index is 1520. The number of ether oxygens (including phenoxy) is 2. The van der Waals surface area contributed by atoms with Crippen molar-refractivity contribution >= 4 is 35.0 Å². The summed E-state index contributed by atoms with van der Waals surface area (Å²) in [5.41, 5.74) is 4.47. The summed E-state index contributed by atoms with van der Waals surface area (Å²) in [5.74, 6) is -1.29. The number of nitrogens with one attached hydrogen (secondary N) is 2. The largest absolute Gasteiger partial charge is 0.494 e. The third kappa shape index (κ3) is 10.1.